The van der Waals surface area contributed by atoms with Crippen molar-refractivity contribution < 1.29 is 83.2 Å². The molecular weight excluding hydrogens is 802 g/mol. The number of rotatable bonds is 10. The molecule has 0 bridgehead atoms. The molecule has 4 rings (SSSR count). The zero-order chi connectivity index (χ0) is 46.0. The van der Waals surface area contributed by atoms with Crippen LogP contribution in [0.25, 0.3) is 0 Å². The summed E-state index contributed by atoms with van der Waals surface area (Å²) in [7, 11) is 5.09. The Morgan fingerprint density at radius 1 is 0.754 bits per heavy atom. The topological polar surface area (TPSA) is 253 Å². The normalized spacial score (nSPS) is 50.0. The average molecular weight is 880 g/mol. The molecule has 4 heterocycles. The third-order valence-electron chi connectivity index (χ3n) is 13.9. The number of carbonyl (C=O) groups excluding carboxylic acids is 2. The molecule has 0 spiro atoms. The van der Waals surface area contributed by atoms with Gasteiger partial charge >= 0.3 is 5.97 Å². The minimum absolute atomic E-state index is 0.0644. The van der Waals surface area contributed by atoms with Gasteiger partial charge in [-0.2, -0.15) is 0 Å². The highest BCUT2D eigenvalue weighted by atomic mass is 16.8. The van der Waals surface area contributed by atoms with E-state index in [0.29, 0.717) is 12.8 Å². The van der Waals surface area contributed by atoms with E-state index in [1.54, 1.807) is 48.5 Å². The molecule has 18 nitrogen and oxygen atoms in total. The molecule has 4 fully saturated rings. The first-order chi connectivity index (χ1) is 28.3. The number of hydrogen-bond donors (Lipinski definition) is 7. The maximum atomic E-state index is 14.3. The van der Waals surface area contributed by atoms with Gasteiger partial charge in [-0.05, 0) is 68.0 Å². The lowest BCUT2D eigenvalue weighted by Gasteiger charge is -2.50. The van der Waals surface area contributed by atoms with Crippen molar-refractivity contribution in [2.75, 3.05) is 27.8 Å². The molecule has 0 unspecified atom stereocenters. The number of likely N-dealkylation sites (N-methyl/N-ethyl adjacent to an activating group) is 1. The monoisotopic (exact) mass is 880 g/mol. The van der Waals surface area contributed by atoms with Crippen molar-refractivity contribution in [3.8, 4) is 0 Å². The van der Waals surface area contributed by atoms with Crippen molar-refractivity contribution in [1.29, 1.82) is 0 Å². The van der Waals surface area contributed by atoms with Crippen molar-refractivity contribution in [3.63, 3.8) is 0 Å². The number of aliphatic hydroxyl groups is 7. The van der Waals surface area contributed by atoms with Gasteiger partial charge in [0.2, 0.25) is 0 Å². The molecule has 0 aromatic rings. The average Bonchev–Trinajstić information content (AvgIpc) is 3.21. The smallest absolute Gasteiger partial charge is 0.311 e. The Morgan fingerprint density at radius 2 is 1.39 bits per heavy atom. The summed E-state index contributed by atoms with van der Waals surface area (Å²) in [6.07, 6.45) is -17.3. The maximum absolute atomic E-state index is 14.3. The molecule has 61 heavy (non-hydrogen) atoms. The van der Waals surface area contributed by atoms with Crippen LogP contribution in [-0.2, 0) is 47.5 Å². The highest BCUT2D eigenvalue weighted by Crippen LogP contribution is 2.41. The lowest BCUT2D eigenvalue weighted by Crippen LogP contribution is -2.64. The van der Waals surface area contributed by atoms with Crippen LogP contribution in [0.4, 0.5) is 0 Å². The Labute approximate surface area is 361 Å². The van der Waals surface area contributed by atoms with Gasteiger partial charge in [0.05, 0.1) is 54.2 Å². The lowest BCUT2D eigenvalue weighted by atomic mass is 9.74. The van der Waals surface area contributed by atoms with E-state index < -0.39 is 152 Å². The molecule has 0 amide bonds. The van der Waals surface area contributed by atoms with Crippen LogP contribution in [0.3, 0.4) is 0 Å². The van der Waals surface area contributed by atoms with Crippen LogP contribution in [-0.4, -0.2) is 190 Å². The molecular formula is C43H77NO17. The van der Waals surface area contributed by atoms with Crippen LogP contribution in [0.5, 0.6) is 0 Å². The summed E-state index contributed by atoms with van der Waals surface area (Å²) >= 11 is 0. The van der Waals surface area contributed by atoms with Crippen molar-refractivity contribution in [2.45, 2.75) is 204 Å². The standard InChI is InChI=1S/C43H77NO17/c1-14-27-21(4)31(47)22(5)30(46)19(2)16-42(9,53)38(23(6)35(24(7)39(52)57-27)59-29-17-43(10,54-13)37(51)25(8)56-29)61-41-36(26(44(11)12)15-20(3)55-41)60-40-34(50)33(49)32(48)28(18-45)58-40/h19-29,31-38,40-41,45,47-51,53H,14-18H2,1-13H3/t19-,20-,21+,22-,23+,24-,25+,26+,27+,28-,29+,31+,32-,33+,34-,35+,36-,37+,38-,40+,41+,42+,43-/m1/s1. The molecule has 356 valence electrons. The number of Topliss-reactive ketones (excluding diaryl/α,β-unsaturated/α-hetero) is 1. The van der Waals surface area contributed by atoms with Gasteiger partial charge in [0.1, 0.15) is 48.5 Å². The number of nitrogens with zero attached hydrogens (tertiary/aromatic N) is 1. The number of cyclic esters (lactones) is 1. The fourth-order valence-corrected chi connectivity index (χ4v) is 9.82. The van der Waals surface area contributed by atoms with Crippen LogP contribution >= 0.6 is 0 Å². The first kappa shape index (κ1) is 52.2. The molecule has 4 saturated heterocycles. The second-order valence-corrected chi connectivity index (χ2v) is 19.0. The van der Waals surface area contributed by atoms with Crippen molar-refractivity contribution >= 4 is 11.8 Å². The van der Waals surface area contributed by atoms with E-state index in [9.17, 15) is 45.3 Å². The van der Waals surface area contributed by atoms with E-state index in [1.165, 1.54) is 14.0 Å². The summed E-state index contributed by atoms with van der Waals surface area (Å²) < 4.78 is 50.3. The predicted octanol–water partition coefficient (Wildman–Crippen LogP) is 0.495. The van der Waals surface area contributed by atoms with E-state index in [1.807, 2.05) is 32.8 Å². The van der Waals surface area contributed by atoms with Crippen LogP contribution in [0.1, 0.15) is 94.9 Å². The van der Waals surface area contributed by atoms with Gasteiger partial charge in [0.15, 0.2) is 18.9 Å². The van der Waals surface area contributed by atoms with E-state index in [0.717, 1.165) is 0 Å². The molecule has 0 saturated carbocycles. The van der Waals surface area contributed by atoms with Gasteiger partial charge in [-0.25, -0.2) is 0 Å². The number of ketones is 1. The largest absolute Gasteiger partial charge is 0.462 e. The number of esters is 1. The summed E-state index contributed by atoms with van der Waals surface area (Å²) in [6, 6.07) is -0.480. The zero-order valence-electron chi connectivity index (χ0n) is 38.3. The van der Waals surface area contributed by atoms with E-state index in [4.69, 9.17) is 37.9 Å². The Balaban J connectivity index is 1.86. The Bertz CT molecular complexity index is 1420. The lowest BCUT2D eigenvalue weighted by molar-refractivity contribution is -0.362. The van der Waals surface area contributed by atoms with Gasteiger partial charge in [0, 0.05) is 43.2 Å². The third-order valence-corrected chi connectivity index (χ3v) is 13.9. The fourth-order valence-electron chi connectivity index (χ4n) is 9.82. The number of ether oxygens (including phenoxy) is 8. The van der Waals surface area contributed by atoms with Gasteiger partial charge in [0.25, 0.3) is 0 Å². The molecule has 0 aromatic heterocycles. The molecule has 18 heteroatoms. The Hall–Kier alpha value is -1.46. The van der Waals surface area contributed by atoms with Crippen LogP contribution in [0.15, 0.2) is 0 Å². The van der Waals surface area contributed by atoms with Crippen molar-refractivity contribution in [2.24, 2.45) is 29.6 Å². The minimum atomic E-state index is -1.88. The first-order valence-electron chi connectivity index (χ1n) is 22.0. The number of carbonyl (C=O) groups is 2. The minimum Gasteiger partial charge on any atom is -0.462 e. The van der Waals surface area contributed by atoms with Gasteiger partial charge in [-0.1, -0.05) is 34.6 Å². The first-order valence-corrected chi connectivity index (χ1v) is 22.0. The Morgan fingerprint density at radius 3 is 1.97 bits per heavy atom. The molecule has 0 radical (unpaired) electrons. The Kier molecular flexibility index (Phi) is 18.2. The summed E-state index contributed by atoms with van der Waals surface area (Å²) in [5.74, 6) is -5.25. The quantitative estimate of drug-likeness (QED) is 0.148. The molecule has 0 aliphatic carbocycles. The van der Waals surface area contributed by atoms with Crippen molar-refractivity contribution in [1.82, 2.24) is 4.90 Å². The second-order valence-electron chi connectivity index (χ2n) is 19.0. The third kappa shape index (κ3) is 11.5. The molecule has 0 aromatic carbocycles. The van der Waals surface area contributed by atoms with Gasteiger partial charge < -0.3 is 78.5 Å². The zero-order valence-corrected chi connectivity index (χ0v) is 38.3. The summed E-state index contributed by atoms with van der Waals surface area (Å²) in [5.41, 5.74) is -2.97. The summed E-state index contributed by atoms with van der Waals surface area (Å²) in [5, 5.41) is 77.3. The maximum Gasteiger partial charge on any atom is 0.311 e. The van der Waals surface area contributed by atoms with Crippen LogP contribution in [0.2, 0.25) is 0 Å². The van der Waals surface area contributed by atoms with Crippen LogP contribution < -0.4 is 0 Å². The van der Waals surface area contributed by atoms with Crippen LogP contribution in [0, 0.1) is 29.6 Å². The molecule has 4 aliphatic heterocycles. The SMILES string of the molecule is CC[C@@H]1OC(=O)[C@H](C)[C@@H](O[C@H]2C[C@@](C)(OC)[C@@H](O)[C@H](C)O2)[C@H](C)[C@@H](O[C@@H]2O[C@H](C)C[C@H](N(C)C)[C@H]2O[C@@H]2O[C@H](CO)[C@@H](O)[C@H](O)[C@H]2O)[C@@](C)(O)C[C@@H](C)C(=O)[C@@H](C)[C@@H](O)[C@H]1C. The summed E-state index contributed by atoms with van der Waals surface area (Å²) in [4.78, 5) is 30.2. The summed E-state index contributed by atoms with van der Waals surface area (Å²) in [6.45, 7) is 16.3. The number of hydrogen-bond acceptors (Lipinski definition) is 18. The second kappa shape index (κ2) is 21.2. The highest BCUT2D eigenvalue weighted by molar-refractivity contribution is 5.83. The molecule has 4 aliphatic rings. The number of aliphatic hydroxyl groups excluding tert-OH is 6. The predicted molar refractivity (Wildman–Crippen MR) is 217 cm³/mol. The molecule has 23 atom stereocenters. The fraction of sp³-hybridized carbons (Fsp3) is 0.953. The number of methoxy groups -OCH3 is 1. The van der Waals surface area contributed by atoms with Gasteiger partial charge in [-0.15, -0.1) is 0 Å². The van der Waals surface area contributed by atoms with Gasteiger partial charge in [-0.3, -0.25) is 9.59 Å². The van der Waals surface area contributed by atoms with E-state index >= 15 is 0 Å². The molecule has 7 N–H and O–H groups in total. The highest BCUT2D eigenvalue weighted by Gasteiger charge is 2.54. The van der Waals surface area contributed by atoms with Crippen molar-refractivity contribution in [3.05, 3.63) is 0 Å². The van der Waals surface area contributed by atoms with E-state index in [2.05, 4.69) is 0 Å². The van der Waals surface area contributed by atoms with E-state index in [-0.39, 0.29) is 18.6 Å².